The Kier molecular flexibility index (Phi) is 3.97. The SMILES string of the molecule is CCNC(C)CCN1Cc2ccccc2C1. The van der Waals surface area contributed by atoms with E-state index in [-0.39, 0.29) is 0 Å². The maximum atomic E-state index is 3.46. The molecule has 0 saturated heterocycles. The lowest BCUT2D eigenvalue weighted by Gasteiger charge is -2.18. The van der Waals surface area contributed by atoms with Crippen molar-refractivity contribution in [2.75, 3.05) is 13.1 Å². The zero-order valence-electron chi connectivity index (χ0n) is 10.4. The second kappa shape index (κ2) is 5.46. The molecule has 2 heteroatoms. The molecule has 0 amide bonds. The summed E-state index contributed by atoms with van der Waals surface area (Å²) in [4.78, 5) is 2.54. The molecule has 1 unspecified atom stereocenters. The standard InChI is InChI=1S/C14H22N2/c1-3-15-12(2)8-9-16-10-13-6-4-5-7-14(13)11-16/h4-7,12,15H,3,8-11H2,1-2H3. The Balaban J connectivity index is 1.79. The van der Waals surface area contributed by atoms with Gasteiger partial charge >= 0.3 is 0 Å². The minimum Gasteiger partial charge on any atom is -0.314 e. The molecule has 0 aliphatic carbocycles. The first kappa shape index (κ1) is 11.6. The fourth-order valence-corrected chi connectivity index (χ4v) is 2.39. The van der Waals surface area contributed by atoms with Crippen molar-refractivity contribution in [2.24, 2.45) is 0 Å². The van der Waals surface area contributed by atoms with Crippen LogP contribution in [0.4, 0.5) is 0 Å². The van der Waals surface area contributed by atoms with E-state index in [0.717, 1.165) is 19.6 Å². The summed E-state index contributed by atoms with van der Waals surface area (Å²) in [6.45, 7) is 8.98. The van der Waals surface area contributed by atoms with Gasteiger partial charge in [-0.3, -0.25) is 4.90 Å². The molecule has 0 bridgehead atoms. The predicted octanol–water partition coefficient (Wildman–Crippen LogP) is 2.39. The normalized spacial score (nSPS) is 17.4. The van der Waals surface area contributed by atoms with Gasteiger partial charge in [-0.2, -0.15) is 0 Å². The first-order chi connectivity index (χ1) is 7.79. The summed E-state index contributed by atoms with van der Waals surface area (Å²) < 4.78 is 0. The quantitative estimate of drug-likeness (QED) is 0.816. The zero-order valence-corrected chi connectivity index (χ0v) is 10.4. The van der Waals surface area contributed by atoms with Crippen LogP contribution in [-0.4, -0.2) is 24.0 Å². The number of rotatable bonds is 5. The third-order valence-corrected chi connectivity index (χ3v) is 3.34. The molecule has 1 atom stereocenters. The van der Waals surface area contributed by atoms with Crippen molar-refractivity contribution >= 4 is 0 Å². The minimum atomic E-state index is 0.633. The number of hydrogen-bond donors (Lipinski definition) is 1. The molecular weight excluding hydrogens is 196 g/mol. The van der Waals surface area contributed by atoms with Gasteiger partial charge in [0.2, 0.25) is 0 Å². The van der Waals surface area contributed by atoms with Gasteiger partial charge in [0.15, 0.2) is 0 Å². The van der Waals surface area contributed by atoms with Crippen LogP contribution in [0.3, 0.4) is 0 Å². The summed E-state index contributed by atoms with van der Waals surface area (Å²) in [6, 6.07) is 9.42. The van der Waals surface area contributed by atoms with Gasteiger partial charge in [-0.05, 0) is 31.0 Å². The topological polar surface area (TPSA) is 15.3 Å². The molecule has 0 spiro atoms. The average molecular weight is 218 g/mol. The van der Waals surface area contributed by atoms with Crippen LogP contribution in [0.25, 0.3) is 0 Å². The Morgan fingerprint density at radius 1 is 1.25 bits per heavy atom. The van der Waals surface area contributed by atoms with Crippen molar-refractivity contribution in [3.63, 3.8) is 0 Å². The Labute approximate surface area is 98.7 Å². The highest BCUT2D eigenvalue weighted by atomic mass is 15.1. The maximum absolute atomic E-state index is 3.46. The van der Waals surface area contributed by atoms with Gasteiger partial charge in [0.05, 0.1) is 0 Å². The highest BCUT2D eigenvalue weighted by Gasteiger charge is 2.17. The molecule has 1 heterocycles. The van der Waals surface area contributed by atoms with Crippen molar-refractivity contribution < 1.29 is 0 Å². The van der Waals surface area contributed by atoms with Crippen LogP contribution in [0.15, 0.2) is 24.3 Å². The van der Waals surface area contributed by atoms with Crippen LogP contribution in [-0.2, 0) is 13.1 Å². The van der Waals surface area contributed by atoms with Crippen molar-refractivity contribution in [1.29, 1.82) is 0 Å². The summed E-state index contributed by atoms with van der Waals surface area (Å²) in [5.41, 5.74) is 3.03. The third kappa shape index (κ3) is 2.83. The van der Waals surface area contributed by atoms with Crippen LogP contribution < -0.4 is 5.32 Å². The van der Waals surface area contributed by atoms with E-state index in [4.69, 9.17) is 0 Å². The maximum Gasteiger partial charge on any atom is 0.0240 e. The first-order valence-electron chi connectivity index (χ1n) is 6.32. The fraction of sp³-hybridized carbons (Fsp3) is 0.571. The molecule has 88 valence electrons. The Morgan fingerprint density at radius 3 is 2.44 bits per heavy atom. The van der Waals surface area contributed by atoms with E-state index in [9.17, 15) is 0 Å². The highest BCUT2D eigenvalue weighted by Crippen LogP contribution is 2.22. The second-order valence-corrected chi connectivity index (χ2v) is 4.73. The molecule has 1 aliphatic heterocycles. The smallest absolute Gasteiger partial charge is 0.0240 e. The molecule has 1 aromatic rings. The van der Waals surface area contributed by atoms with E-state index in [2.05, 4.69) is 48.3 Å². The van der Waals surface area contributed by atoms with Crippen molar-refractivity contribution in [2.45, 2.75) is 39.4 Å². The largest absolute Gasteiger partial charge is 0.314 e. The summed E-state index contributed by atoms with van der Waals surface area (Å²) in [6.07, 6.45) is 1.24. The lowest BCUT2D eigenvalue weighted by Crippen LogP contribution is -2.30. The summed E-state index contributed by atoms with van der Waals surface area (Å²) >= 11 is 0. The van der Waals surface area contributed by atoms with Crippen molar-refractivity contribution in [3.05, 3.63) is 35.4 Å². The lowest BCUT2D eigenvalue weighted by atomic mass is 10.1. The number of nitrogens with zero attached hydrogens (tertiary/aromatic N) is 1. The van der Waals surface area contributed by atoms with Crippen LogP contribution in [0.5, 0.6) is 0 Å². The van der Waals surface area contributed by atoms with E-state index in [1.54, 1.807) is 0 Å². The van der Waals surface area contributed by atoms with Gasteiger partial charge in [0, 0.05) is 25.7 Å². The van der Waals surface area contributed by atoms with E-state index in [1.807, 2.05) is 0 Å². The van der Waals surface area contributed by atoms with E-state index >= 15 is 0 Å². The molecule has 0 saturated carbocycles. The summed E-state index contributed by atoms with van der Waals surface area (Å²) in [7, 11) is 0. The molecule has 1 N–H and O–H groups in total. The highest BCUT2D eigenvalue weighted by molar-refractivity contribution is 5.30. The molecule has 0 radical (unpaired) electrons. The Bertz CT molecular complexity index is 310. The van der Waals surface area contributed by atoms with Crippen LogP contribution in [0, 0.1) is 0 Å². The molecule has 0 aromatic heterocycles. The average Bonchev–Trinajstić information content (AvgIpc) is 2.69. The summed E-state index contributed by atoms with van der Waals surface area (Å²) in [5, 5.41) is 3.46. The number of fused-ring (bicyclic) bond motifs is 1. The van der Waals surface area contributed by atoms with Crippen molar-refractivity contribution in [3.8, 4) is 0 Å². The van der Waals surface area contributed by atoms with Crippen LogP contribution in [0.1, 0.15) is 31.4 Å². The van der Waals surface area contributed by atoms with Gasteiger partial charge in [-0.15, -0.1) is 0 Å². The second-order valence-electron chi connectivity index (χ2n) is 4.73. The van der Waals surface area contributed by atoms with Gasteiger partial charge in [0.1, 0.15) is 0 Å². The van der Waals surface area contributed by atoms with Crippen LogP contribution >= 0.6 is 0 Å². The lowest BCUT2D eigenvalue weighted by molar-refractivity contribution is 0.267. The van der Waals surface area contributed by atoms with Gasteiger partial charge in [-0.1, -0.05) is 31.2 Å². The molecule has 0 fully saturated rings. The van der Waals surface area contributed by atoms with Gasteiger partial charge in [-0.25, -0.2) is 0 Å². The predicted molar refractivity (Wildman–Crippen MR) is 68.3 cm³/mol. The molecule has 16 heavy (non-hydrogen) atoms. The van der Waals surface area contributed by atoms with E-state index in [0.29, 0.717) is 6.04 Å². The Morgan fingerprint density at radius 2 is 1.88 bits per heavy atom. The molecular formula is C14H22N2. The molecule has 1 aliphatic rings. The first-order valence-corrected chi connectivity index (χ1v) is 6.32. The molecule has 2 rings (SSSR count). The molecule has 1 aromatic carbocycles. The van der Waals surface area contributed by atoms with E-state index in [1.165, 1.54) is 24.1 Å². The molecule has 2 nitrogen and oxygen atoms in total. The zero-order chi connectivity index (χ0) is 11.4. The van der Waals surface area contributed by atoms with Gasteiger partial charge in [0.25, 0.3) is 0 Å². The monoisotopic (exact) mass is 218 g/mol. The number of benzene rings is 1. The number of hydrogen-bond acceptors (Lipinski definition) is 2. The van der Waals surface area contributed by atoms with Gasteiger partial charge < -0.3 is 5.32 Å². The summed E-state index contributed by atoms with van der Waals surface area (Å²) in [5.74, 6) is 0. The minimum absolute atomic E-state index is 0.633. The third-order valence-electron chi connectivity index (χ3n) is 3.34. The van der Waals surface area contributed by atoms with Crippen LogP contribution in [0.2, 0.25) is 0 Å². The van der Waals surface area contributed by atoms with Crippen molar-refractivity contribution in [1.82, 2.24) is 10.2 Å². The Hall–Kier alpha value is -0.860. The fourth-order valence-electron chi connectivity index (χ4n) is 2.39. The number of nitrogens with one attached hydrogen (secondary N) is 1. The van der Waals surface area contributed by atoms with E-state index < -0.39 is 0 Å².